The van der Waals surface area contributed by atoms with Gasteiger partial charge in [0.25, 0.3) is 5.91 Å². The first-order valence-electron chi connectivity index (χ1n) is 16.7. The van der Waals surface area contributed by atoms with E-state index >= 15 is 0 Å². The predicted molar refractivity (Wildman–Crippen MR) is 176 cm³/mol. The number of rotatable bonds is 7. The summed E-state index contributed by atoms with van der Waals surface area (Å²) in [6.07, 6.45) is 8.08. The molecule has 9 nitrogen and oxygen atoms in total. The molecule has 1 saturated carbocycles. The second kappa shape index (κ2) is 11.6. The maximum absolute atomic E-state index is 13.4. The number of hydrogen-bond acceptors (Lipinski definition) is 5. The van der Waals surface area contributed by atoms with Crippen LogP contribution in [0.4, 0.5) is 0 Å². The van der Waals surface area contributed by atoms with Gasteiger partial charge in [-0.3, -0.25) is 9.59 Å². The lowest BCUT2D eigenvalue weighted by molar-refractivity contribution is -0.143. The minimum Gasteiger partial charge on any atom is -0.395 e. The van der Waals surface area contributed by atoms with Gasteiger partial charge in [0.2, 0.25) is 5.91 Å². The van der Waals surface area contributed by atoms with Crippen LogP contribution in [0.25, 0.3) is 27.8 Å². The summed E-state index contributed by atoms with van der Waals surface area (Å²) in [7, 11) is 0. The number of piperidine rings is 2. The van der Waals surface area contributed by atoms with Gasteiger partial charge in [0.1, 0.15) is 5.69 Å². The van der Waals surface area contributed by atoms with E-state index in [-0.39, 0.29) is 24.5 Å². The Morgan fingerprint density at radius 3 is 2.51 bits per heavy atom. The van der Waals surface area contributed by atoms with Crippen molar-refractivity contribution in [2.75, 3.05) is 32.8 Å². The summed E-state index contributed by atoms with van der Waals surface area (Å²) in [5.41, 5.74) is 12.9. The number of carbonyl (C=O) groups excluding carboxylic acids is 2. The minimum absolute atomic E-state index is 0.0157. The van der Waals surface area contributed by atoms with Crippen LogP contribution in [-0.4, -0.2) is 79.7 Å². The first-order chi connectivity index (χ1) is 21.6. The number of pyridine rings is 1. The molecule has 5 heterocycles. The topological polar surface area (TPSA) is 109 Å². The van der Waals surface area contributed by atoms with Gasteiger partial charge in [-0.05, 0) is 94.9 Å². The molecule has 0 unspecified atom stereocenters. The Balaban J connectivity index is 1.23. The molecule has 1 atom stereocenters. The zero-order chi connectivity index (χ0) is 31.5. The van der Waals surface area contributed by atoms with Crippen molar-refractivity contribution in [3.8, 4) is 11.4 Å². The van der Waals surface area contributed by atoms with Crippen LogP contribution in [0.1, 0.15) is 79.8 Å². The van der Waals surface area contributed by atoms with E-state index in [1.807, 2.05) is 46.5 Å². The van der Waals surface area contributed by atoms with Crippen LogP contribution in [0.3, 0.4) is 0 Å². The fourth-order valence-corrected chi connectivity index (χ4v) is 7.44. The predicted octanol–water partition coefficient (Wildman–Crippen LogP) is 4.96. The maximum atomic E-state index is 13.4. The molecule has 4 aromatic rings. The van der Waals surface area contributed by atoms with Gasteiger partial charge < -0.3 is 25.2 Å². The zero-order valence-electron chi connectivity index (χ0n) is 26.8. The fourth-order valence-electron chi connectivity index (χ4n) is 7.44. The van der Waals surface area contributed by atoms with Crippen molar-refractivity contribution in [3.63, 3.8) is 0 Å². The minimum atomic E-state index is -0.748. The molecule has 3 aliphatic rings. The fraction of sp³-hybridized carbons (Fsp3) is 0.528. The van der Waals surface area contributed by atoms with Crippen LogP contribution in [0.15, 0.2) is 42.6 Å². The Hall–Kier alpha value is -3.69. The number of amides is 2. The van der Waals surface area contributed by atoms with Gasteiger partial charge in [0, 0.05) is 55.9 Å². The average molecular weight is 611 g/mol. The van der Waals surface area contributed by atoms with Gasteiger partial charge in [-0.15, -0.1) is 0 Å². The van der Waals surface area contributed by atoms with Gasteiger partial charge >= 0.3 is 0 Å². The number of fused-ring (bicyclic) bond motifs is 2. The number of nitrogens with zero attached hydrogens (tertiary/aromatic N) is 5. The number of carbonyl (C=O) groups is 2. The van der Waals surface area contributed by atoms with E-state index in [0.717, 1.165) is 61.2 Å². The van der Waals surface area contributed by atoms with Crippen LogP contribution in [0.2, 0.25) is 0 Å². The molecule has 45 heavy (non-hydrogen) atoms. The summed E-state index contributed by atoms with van der Waals surface area (Å²) < 4.78 is 4.38. The molecule has 2 aliphatic heterocycles. The molecular weight excluding hydrogens is 564 g/mol. The van der Waals surface area contributed by atoms with Crippen LogP contribution in [0, 0.1) is 18.3 Å². The van der Waals surface area contributed by atoms with E-state index in [0.29, 0.717) is 37.0 Å². The summed E-state index contributed by atoms with van der Waals surface area (Å²) in [6.45, 7) is 9.33. The quantitative estimate of drug-likeness (QED) is 0.308. The number of aromatic nitrogens is 3. The first kappa shape index (κ1) is 30.0. The highest BCUT2D eigenvalue weighted by atomic mass is 16.3. The molecule has 0 spiro atoms. The largest absolute Gasteiger partial charge is 0.395 e. The highest BCUT2D eigenvalue weighted by Crippen LogP contribution is 2.41. The molecule has 0 radical (unpaired) electrons. The molecule has 238 valence electrons. The van der Waals surface area contributed by atoms with E-state index < -0.39 is 5.41 Å². The van der Waals surface area contributed by atoms with Crippen LogP contribution < -0.4 is 5.73 Å². The number of likely N-dealkylation sites (tertiary alicyclic amines) is 2. The van der Waals surface area contributed by atoms with E-state index in [2.05, 4.69) is 35.8 Å². The lowest BCUT2D eigenvalue weighted by atomic mass is 9.86. The molecule has 7 rings (SSSR count). The van der Waals surface area contributed by atoms with Crippen molar-refractivity contribution >= 4 is 28.2 Å². The summed E-state index contributed by atoms with van der Waals surface area (Å²) in [4.78, 5) is 30.2. The number of aryl methyl sites for hydroxylation is 1. The highest BCUT2D eigenvalue weighted by molar-refractivity contribution is 5.95. The first-order valence-corrected chi connectivity index (χ1v) is 16.7. The van der Waals surface area contributed by atoms with Gasteiger partial charge in [0.05, 0.1) is 34.3 Å². The third-order valence-corrected chi connectivity index (χ3v) is 10.4. The van der Waals surface area contributed by atoms with Crippen molar-refractivity contribution in [2.24, 2.45) is 17.1 Å². The standard InChI is InChI=1S/C36H46N6O3/c1-23-30-12-11-27(34(44)40-15-5-7-28(37)21-40)20-42(30)38-32(23)31-18-26-6-4-8-29(33(26)41(31)19-24-9-10-24)25-13-16-39(17-14-25)35(45)36(2,3)22-43/h4,6,8,11-12,18,20,24-25,28,43H,5,7,9-10,13-17,19,21-22,37H2,1-3H3/t28-/m1/s1. The number of aliphatic hydroxyl groups excluding tert-OH is 1. The number of nitrogens with two attached hydrogens (primary N) is 1. The molecule has 0 bridgehead atoms. The Morgan fingerprint density at radius 1 is 1.02 bits per heavy atom. The molecular formula is C36H46N6O3. The van der Waals surface area contributed by atoms with E-state index in [1.165, 1.54) is 29.3 Å². The van der Waals surface area contributed by atoms with Crippen molar-refractivity contribution in [3.05, 3.63) is 59.3 Å². The van der Waals surface area contributed by atoms with Crippen LogP contribution in [-0.2, 0) is 11.3 Å². The number of benzene rings is 1. The van der Waals surface area contributed by atoms with Gasteiger partial charge in [0.15, 0.2) is 0 Å². The number of aliphatic hydroxyl groups is 1. The lowest BCUT2D eigenvalue weighted by Gasteiger charge is -2.36. The van der Waals surface area contributed by atoms with E-state index in [1.54, 1.807) is 0 Å². The van der Waals surface area contributed by atoms with Crippen LogP contribution >= 0.6 is 0 Å². The third-order valence-electron chi connectivity index (χ3n) is 10.4. The molecule has 3 aromatic heterocycles. The number of para-hydroxylation sites is 1. The summed E-state index contributed by atoms with van der Waals surface area (Å²) in [5, 5.41) is 16.1. The van der Waals surface area contributed by atoms with Crippen molar-refractivity contribution in [1.29, 1.82) is 0 Å². The Kier molecular flexibility index (Phi) is 7.72. The molecule has 1 aromatic carbocycles. The SMILES string of the molecule is Cc1c(-c2cc3cccc(C4CCN(C(=O)C(C)(C)CO)CC4)c3n2CC2CC2)nn2cc(C(=O)N3CCC[C@@H](N)C3)ccc12. The van der Waals surface area contributed by atoms with Crippen molar-refractivity contribution in [2.45, 2.75) is 77.8 Å². The molecule has 3 N–H and O–H groups in total. The second-order valence-corrected chi connectivity index (χ2v) is 14.4. The smallest absolute Gasteiger partial charge is 0.255 e. The average Bonchev–Trinajstić information content (AvgIpc) is 3.72. The molecule has 9 heteroatoms. The molecule has 1 aliphatic carbocycles. The second-order valence-electron chi connectivity index (χ2n) is 14.4. The molecule has 2 amide bonds. The molecule has 3 fully saturated rings. The normalized spacial score (nSPS) is 20.0. The zero-order valence-corrected chi connectivity index (χ0v) is 26.8. The summed E-state index contributed by atoms with van der Waals surface area (Å²) in [5.74, 6) is 1.08. The van der Waals surface area contributed by atoms with E-state index in [4.69, 9.17) is 10.8 Å². The Labute approximate surface area is 265 Å². The Bertz CT molecular complexity index is 1760. The van der Waals surface area contributed by atoms with Crippen molar-refractivity contribution < 1.29 is 14.7 Å². The third kappa shape index (κ3) is 5.54. The summed E-state index contributed by atoms with van der Waals surface area (Å²) in [6, 6.07) is 12.9. The lowest BCUT2D eigenvalue weighted by Crippen LogP contribution is -2.46. The van der Waals surface area contributed by atoms with Gasteiger partial charge in [-0.1, -0.05) is 18.2 Å². The Morgan fingerprint density at radius 2 is 1.80 bits per heavy atom. The maximum Gasteiger partial charge on any atom is 0.255 e. The van der Waals surface area contributed by atoms with Gasteiger partial charge in [-0.2, -0.15) is 5.10 Å². The van der Waals surface area contributed by atoms with Crippen molar-refractivity contribution in [1.82, 2.24) is 24.0 Å². The molecule has 2 saturated heterocycles. The monoisotopic (exact) mass is 610 g/mol. The highest BCUT2D eigenvalue weighted by Gasteiger charge is 2.35. The van der Waals surface area contributed by atoms with Crippen LogP contribution in [0.5, 0.6) is 0 Å². The number of hydrogen-bond donors (Lipinski definition) is 2. The van der Waals surface area contributed by atoms with E-state index in [9.17, 15) is 14.7 Å². The van der Waals surface area contributed by atoms with Gasteiger partial charge in [-0.25, -0.2) is 4.52 Å². The summed E-state index contributed by atoms with van der Waals surface area (Å²) >= 11 is 0.